The van der Waals surface area contributed by atoms with Crippen LogP contribution in [0.5, 0.6) is 0 Å². The van der Waals surface area contributed by atoms with Gasteiger partial charge < -0.3 is 14.3 Å². The number of aryl methyl sites for hydroxylation is 3. The maximum Gasteiger partial charge on any atom is 0.340 e. The lowest BCUT2D eigenvalue weighted by Crippen LogP contribution is -2.19. The number of nitrogens with one attached hydrogen (secondary N) is 2. The number of aromatic amines is 1. The molecule has 8 heteroatoms. The second-order valence-corrected chi connectivity index (χ2v) is 7.09. The van der Waals surface area contributed by atoms with Gasteiger partial charge in [-0.2, -0.15) is 5.10 Å². The Balaban J connectivity index is 1.82. The van der Waals surface area contributed by atoms with Crippen LogP contribution in [-0.2, 0) is 11.3 Å². The van der Waals surface area contributed by atoms with Gasteiger partial charge in [-0.05, 0) is 65.3 Å². The SMILES string of the molecule is CCOC(=O)c1c(C)[nH]c(C(C)=NNC(=O)c2ccc3c(c2)nc(C)n3CC)c1C. The van der Waals surface area contributed by atoms with Gasteiger partial charge in [0.2, 0.25) is 0 Å². The fourth-order valence-electron chi connectivity index (χ4n) is 3.67. The standard InChI is InChI=1S/C22H27N5O3/c1-7-27-15(6)24-17-11-16(9-10-18(17)27)21(28)26-25-14(5)20-12(3)19(13(4)23-20)22(29)30-8-2/h9-11,23H,7-8H2,1-6H3,(H,26,28). The first kappa shape index (κ1) is 21.3. The molecule has 0 bridgehead atoms. The number of carbonyl (C=O) groups is 2. The first-order valence-electron chi connectivity index (χ1n) is 9.96. The van der Waals surface area contributed by atoms with Gasteiger partial charge in [0.05, 0.1) is 34.6 Å². The number of esters is 1. The Morgan fingerprint density at radius 3 is 2.63 bits per heavy atom. The van der Waals surface area contributed by atoms with E-state index in [0.29, 0.717) is 34.8 Å². The van der Waals surface area contributed by atoms with Gasteiger partial charge in [0.25, 0.3) is 5.91 Å². The minimum atomic E-state index is -0.373. The molecular formula is C22H27N5O3. The van der Waals surface area contributed by atoms with Gasteiger partial charge in [0, 0.05) is 17.8 Å². The van der Waals surface area contributed by atoms with Crippen LogP contribution in [0.15, 0.2) is 23.3 Å². The Kier molecular flexibility index (Phi) is 6.05. The van der Waals surface area contributed by atoms with Crippen molar-refractivity contribution in [3.63, 3.8) is 0 Å². The number of aromatic nitrogens is 3. The van der Waals surface area contributed by atoms with Crippen LogP contribution in [0.4, 0.5) is 0 Å². The number of hydrazone groups is 1. The lowest BCUT2D eigenvalue weighted by molar-refractivity contribution is 0.0525. The number of carbonyl (C=O) groups excluding carboxylic acids is 2. The maximum atomic E-state index is 12.6. The molecule has 0 fully saturated rings. The third-order valence-corrected chi connectivity index (χ3v) is 5.12. The summed E-state index contributed by atoms with van der Waals surface area (Å²) in [6.07, 6.45) is 0. The molecule has 0 saturated heterocycles. The van der Waals surface area contributed by atoms with E-state index >= 15 is 0 Å². The minimum absolute atomic E-state index is 0.307. The van der Waals surface area contributed by atoms with E-state index < -0.39 is 0 Å². The van der Waals surface area contributed by atoms with E-state index in [1.165, 1.54) is 0 Å². The molecular weight excluding hydrogens is 382 g/mol. The number of ether oxygens (including phenoxy) is 1. The monoisotopic (exact) mass is 409 g/mol. The van der Waals surface area contributed by atoms with Crippen molar-refractivity contribution in [1.29, 1.82) is 0 Å². The average Bonchev–Trinajstić information content (AvgIpc) is 3.19. The molecule has 0 atom stereocenters. The predicted octanol–water partition coefficient (Wildman–Crippen LogP) is 3.64. The van der Waals surface area contributed by atoms with Crippen LogP contribution in [0.2, 0.25) is 0 Å². The van der Waals surface area contributed by atoms with Crippen molar-refractivity contribution in [2.45, 2.75) is 48.1 Å². The zero-order chi connectivity index (χ0) is 22.0. The molecule has 2 aromatic heterocycles. The van der Waals surface area contributed by atoms with Crippen molar-refractivity contribution in [1.82, 2.24) is 20.0 Å². The average molecular weight is 409 g/mol. The highest BCUT2D eigenvalue weighted by atomic mass is 16.5. The van der Waals surface area contributed by atoms with Gasteiger partial charge in [-0.3, -0.25) is 4.79 Å². The first-order chi connectivity index (χ1) is 14.3. The van der Waals surface area contributed by atoms with Gasteiger partial charge in [-0.1, -0.05) is 0 Å². The van der Waals surface area contributed by atoms with Crippen LogP contribution >= 0.6 is 0 Å². The number of H-pyrrole nitrogens is 1. The van der Waals surface area contributed by atoms with Gasteiger partial charge in [0.15, 0.2) is 0 Å². The number of rotatable bonds is 6. The number of fused-ring (bicyclic) bond motifs is 1. The molecule has 8 nitrogen and oxygen atoms in total. The molecule has 0 aliphatic rings. The molecule has 2 N–H and O–H groups in total. The van der Waals surface area contributed by atoms with Gasteiger partial charge in [-0.15, -0.1) is 0 Å². The molecule has 2 heterocycles. The Labute approximate surface area is 175 Å². The van der Waals surface area contributed by atoms with Crippen LogP contribution in [0.25, 0.3) is 11.0 Å². The van der Waals surface area contributed by atoms with Crippen LogP contribution in [-0.4, -0.2) is 38.7 Å². The highest BCUT2D eigenvalue weighted by Gasteiger charge is 2.20. The number of nitrogens with zero attached hydrogens (tertiary/aromatic N) is 3. The number of benzene rings is 1. The molecule has 0 aliphatic heterocycles. The van der Waals surface area contributed by atoms with Crippen molar-refractivity contribution in [2.24, 2.45) is 5.10 Å². The lowest BCUT2D eigenvalue weighted by Gasteiger charge is -2.05. The number of amides is 1. The van der Waals surface area contributed by atoms with E-state index in [-0.39, 0.29) is 11.9 Å². The van der Waals surface area contributed by atoms with Crippen LogP contribution in [0.3, 0.4) is 0 Å². The van der Waals surface area contributed by atoms with Crippen LogP contribution < -0.4 is 5.43 Å². The van der Waals surface area contributed by atoms with Crippen molar-refractivity contribution in [3.05, 3.63) is 52.1 Å². The van der Waals surface area contributed by atoms with Crippen LogP contribution in [0.1, 0.15) is 64.3 Å². The van der Waals surface area contributed by atoms with E-state index in [2.05, 4.69) is 32.0 Å². The van der Waals surface area contributed by atoms with E-state index in [1.54, 1.807) is 32.9 Å². The Morgan fingerprint density at radius 1 is 1.23 bits per heavy atom. The zero-order valence-electron chi connectivity index (χ0n) is 18.2. The topological polar surface area (TPSA) is 101 Å². The van der Waals surface area contributed by atoms with Gasteiger partial charge in [0.1, 0.15) is 5.82 Å². The number of imidazole rings is 1. The Bertz CT molecular complexity index is 1150. The fraction of sp³-hybridized carbons (Fsp3) is 0.364. The molecule has 0 radical (unpaired) electrons. The smallest absolute Gasteiger partial charge is 0.340 e. The molecule has 1 amide bonds. The largest absolute Gasteiger partial charge is 0.462 e. The van der Waals surface area contributed by atoms with Crippen molar-refractivity contribution in [2.75, 3.05) is 6.61 Å². The molecule has 0 spiro atoms. The van der Waals surface area contributed by atoms with Gasteiger partial charge >= 0.3 is 5.97 Å². The summed E-state index contributed by atoms with van der Waals surface area (Å²) >= 11 is 0. The normalized spacial score (nSPS) is 11.7. The molecule has 30 heavy (non-hydrogen) atoms. The van der Waals surface area contributed by atoms with E-state index in [0.717, 1.165) is 29.0 Å². The Morgan fingerprint density at radius 2 is 1.97 bits per heavy atom. The molecule has 3 aromatic rings. The summed E-state index contributed by atoms with van der Waals surface area (Å²) in [4.78, 5) is 32.5. The van der Waals surface area contributed by atoms with E-state index in [1.807, 2.05) is 19.9 Å². The molecule has 0 saturated carbocycles. The summed E-state index contributed by atoms with van der Waals surface area (Å²) in [5.74, 6) is 0.211. The van der Waals surface area contributed by atoms with Crippen molar-refractivity contribution in [3.8, 4) is 0 Å². The summed E-state index contributed by atoms with van der Waals surface area (Å²) in [7, 11) is 0. The van der Waals surface area contributed by atoms with E-state index in [4.69, 9.17) is 4.74 Å². The first-order valence-corrected chi connectivity index (χ1v) is 9.96. The molecule has 1 aromatic carbocycles. The molecule has 3 rings (SSSR count). The highest BCUT2D eigenvalue weighted by Crippen LogP contribution is 2.20. The minimum Gasteiger partial charge on any atom is -0.462 e. The summed E-state index contributed by atoms with van der Waals surface area (Å²) in [5.41, 5.74) is 8.02. The van der Waals surface area contributed by atoms with Crippen molar-refractivity contribution >= 4 is 28.6 Å². The second kappa shape index (κ2) is 8.52. The molecule has 158 valence electrons. The zero-order valence-corrected chi connectivity index (χ0v) is 18.2. The lowest BCUT2D eigenvalue weighted by atomic mass is 10.1. The van der Waals surface area contributed by atoms with E-state index in [9.17, 15) is 9.59 Å². The van der Waals surface area contributed by atoms with Crippen LogP contribution in [0, 0.1) is 20.8 Å². The number of hydrogen-bond donors (Lipinski definition) is 2. The third-order valence-electron chi connectivity index (χ3n) is 5.12. The maximum absolute atomic E-state index is 12.6. The number of hydrogen-bond acceptors (Lipinski definition) is 5. The molecule has 0 aliphatic carbocycles. The quantitative estimate of drug-likeness (QED) is 0.369. The van der Waals surface area contributed by atoms with Gasteiger partial charge in [-0.25, -0.2) is 15.2 Å². The summed E-state index contributed by atoms with van der Waals surface area (Å²) in [6, 6.07) is 5.42. The fourth-order valence-corrected chi connectivity index (χ4v) is 3.67. The molecule has 0 unspecified atom stereocenters. The highest BCUT2D eigenvalue weighted by molar-refractivity contribution is 6.04. The Hall–Kier alpha value is -3.42. The third kappa shape index (κ3) is 3.85. The second-order valence-electron chi connectivity index (χ2n) is 7.09. The van der Waals surface area contributed by atoms with Crippen molar-refractivity contribution < 1.29 is 14.3 Å². The summed E-state index contributed by atoms with van der Waals surface area (Å²) in [5, 5.41) is 4.22. The summed E-state index contributed by atoms with van der Waals surface area (Å²) < 4.78 is 7.21. The predicted molar refractivity (Wildman–Crippen MR) is 116 cm³/mol. The summed E-state index contributed by atoms with van der Waals surface area (Å²) in [6.45, 7) is 12.3.